The van der Waals surface area contributed by atoms with Crippen molar-refractivity contribution in [2.45, 2.75) is 26.4 Å². The number of hydrogen-bond acceptors (Lipinski definition) is 4. The minimum Gasteiger partial charge on any atom is -0.443 e. The maximum atomic E-state index is 12.2. The topological polar surface area (TPSA) is 50.6 Å². The minimum absolute atomic E-state index is 0.318. The smallest absolute Gasteiger partial charge is 0.414 e. The summed E-state index contributed by atoms with van der Waals surface area (Å²) in [6, 6.07) is 16.5. The quantitative estimate of drug-likeness (QED) is 0.633. The van der Waals surface area contributed by atoms with Crippen molar-refractivity contribution in [2.24, 2.45) is 7.05 Å². The maximum absolute atomic E-state index is 12.2. The molecule has 2 aromatic carbocycles. The van der Waals surface area contributed by atoms with Crippen LogP contribution in [0.15, 0.2) is 60.9 Å². The van der Waals surface area contributed by atoms with Gasteiger partial charge in [0.05, 0.1) is 11.0 Å². The Bertz CT molecular complexity index is 1080. The molecule has 0 atom stereocenters. The zero-order valence-electron chi connectivity index (χ0n) is 17.3. The number of carbonyl (C=O) groups excluding carboxylic acids is 1. The highest BCUT2D eigenvalue weighted by Crippen LogP contribution is 2.28. The Morgan fingerprint density at radius 1 is 1.03 bits per heavy atom. The van der Waals surface area contributed by atoms with E-state index in [9.17, 15) is 4.79 Å². The number of fused-ring (bicyclic) bond motifs is 1. The number of aromatic nitrogens is 2. The van der Waals surface area contributed by atoms with Crippen LogP contribution >= 0.6 is 0 Å². The summed E-state index contributed by atoms with van der Waals surface area (Å²) in [5.74, 6) is 0.935. The van der Waals surface area contributed by atoms with Crippen LogP contribution in [0, 0.1) is 0 Å². The van der Waals surface area contributed by atoms with Gasteiger partial charge in [-0.1, -0.05) is 24.3 Å². The molecule has 3 aromatic rings. The van der Waals surface area contributed by atoms with Crippen LogP contribution < -0.4 is 4.90 Å². The van der Waals surface area contributed by atoms with Gasteiger partial charge in [0.1, 0.15) is 11.4 Å². The SMILES string of the molecule is Cn1c(-c2cccc(N3C=CN(C(=O)OC(C)(C)C)CC3)c2)nc2ccccc21. The molecule has 1 amide bonds. The average molecular weight is 390 g/mol. The van der Waals surface area contributed by atoms with Gasteiger partial charge in [-0.05, 0) is 45.0 Å². The molecule has 6 heteroatoms. The van der Waals surface area contributed by atoms with Crippen LogP contribution in [0.2, 0.25) is 0 Å². The van der Waals surface area contributed by atoms with Crippen molar-refractivity contribution in [1.82, 2.24) is 14.5 Å². The molecule has 0 saturated heterocycles. The number of nitrogens with zero attached hydrogens (tertiary/aromatic N) is 4. The Hall–Kier alpha value is -3.28. The number of ether oxygens (including phenoxy) is 1. The van der Waals surface area contributed by atoms with E-state index >= 15 is 0 Å². The van der Waals surface area contributed by atoms with Gasteiger partial charge in [-0.3, -0.25) is 4.90 Å². The predicted octanol–water partition coefficient (Wildman–Crippen LogP) is 4.77. The summed E-state index contributed by atoms with van der Waals surface area (Å²) >= 11 is 0. The van der Waals surface area contributed by atoms with Crippen LogP contribution in [0.3, 0.4) is 0 Å². The zero-order valence-corrected chi connectivity index (χ0v) is 17.3. The van der Waals surface area contributed by atoms with Gasteiger partial charge in [-0.15, -0.1) is 0 Å². The first-order valence-corrected chi connectivity index (χ1v) is 9.78. The van der Waals surface area contributed by atoms with E-state index in [2.05, 4.69) is 33.7 Å². The summed E-state index contributed by atoms with van der Waals surface area (Å²) < 4.78 is 7.56. The highest BCUT2D eigenvalue weighted by atomic mass is 16.6. The van der Waals surface area contributed by atoms with Crippen LogP contribution in [-0.2, 0) is 11.8 Å². The third-order valence-electron chi connectivity index (χ3n) is 4.86. The van der Waals surface area contributed by atoms with Crippen molar-refractivity contribution in [3.8, 4) is 11.4 Å². The number of benzene rings is 2. The summed E-state index contributed by atoms with van der Waals surface area (Å²) in [6.45, 7) is 6.88. The third kappa shape index (κ3) is 3.97. The molecular weight excluding hydrogens is 364 g/mol. The zero-order chi connectivity index (χ0) is 20.6. The minimum atomic E-state index is -0.498. The molecule has 2 heterocycles. The lowest BCUT2D eigenvalue weighted by molar-refractivity contribution is 0.0334. The van der Waals surface area contributed by atoms with Crippen molar-refractivity contribution in [1.29, 1.82) is 0 Å². The largest absolute Gasteiger partial charge is 0.443 e. The summed E-state index contributed by atoms with van der Waals surface area (Å²) in [5, 5.41) is 0. The molecule has 1 aromatic heterocycles. The lowest BCUT2D eigenvalue weighted by Crippen LogP contribution is -2.40. The van der Waals surface area contributed by atoms with Crippen molar-refractivity contribution in [3.63, 3.8) is 0 Å². The van der Waals surface area contributed by atoms with E-state index in [4.69, 9.17) is 9.72 Å². The van der Waals surface area contributed by atoms with Crippen molar-refractivity contribution >= 4 is 22.8 Å². The molecule has 1 aliphatic heterocycles. The second-order valence-electron chi connectivity index (χ2n) is 8.20. The number of para-hydroxylation sites is 2. The lowest BCUT2D eigenvalue weighted by Gasteiger charge is -2.31. The van der Waals surface area contributed by atoms with E-state index in [-0.39, 0.29) is 6.09 Å². The van der Waals surface area contributed by atoms with E-state index in [0.29, 0.717) is 13.1 Å². The molecule has 29 heavy (non-hydrogen) atoms. The molecule has 0 spiro atoms. The molecule has 0 unspecified atom stereocenters. The third-order valence-corrected chi connectivity index (χ3v) is 4.86. The lowest BCUT2D eigenvalue weighted by atomic mass is 10.1. The normalized spacial score (nSPS) is 14.5. The summed E-state index contributed by atoms with van der Waals surface area (Å²) in [5.41, 5.74) is 3.72. The molecule has 0 N–H and O–H groups in total. The number of rotatable bonds is 2. The molecule has 1 aliphatic rings. The van der Waals surface area contributed by atoms with Gasteiger partial charge < -0.3 is 14.2 Å². The van der Waals surface area contributed by atoms with E-state index in [0.717, 1.165) is 28.1 Å². The van der Waals surface area contributed by atoms with Crippen LogP contribution in [0.25, 0.3) is 22.4 Å². The van der Waals surface area contributed by atoms with Gasteiger partial charge >= 0.3 is 6.09 Å². The Morgan fingerprint density at radius 3 is 2.52 bits per heavy atom. The summed E-state index contributed by atoms with van der Waals surface area (Å²) in [6.07, 6.45) is 3.38. The number of anilines is 1. The predicted molar refractivity (Wildman–Crippen MR) is 116 cm³/mol. The van der Waals surface area contributed by atoms with Crippen molar-refractivity contribution in [3.05, 3.63) is 60.9 Å². The van der Waals surface area contributed by atoms with Gasteiger partial charge in [0.25, 0.3) is 0 Å². The molecule has 0 radical (unpaired) electrons. The standard InChI is InChI=1S/C23H26N4O2/c1-23(2,3)29-22(28)27-14-12-26(13-15-27)18-9-7-8-17(16-18)21-24-19-10-5-6-11-20(19)25(21)4/h5-12,14,16H,13,15H2,1-4H3. The van der Waals surface area contributed by atoms with E-state index in [1.54, 1.807) is 11.1 Å². The first-order valence-electron chi connectivity index (χ1n) is 9.78. The van der Waals surface area contributed by atoms with Gasteiger partial charge in [-0.25, -0.2) is 9.78 Å². The Morgan fingerprint density at radius 2 is 1.83 bits per heavy atom. The molecule has 4 rings (SSSR count). The maximum Gasteiger partial charge on any atom is 0.414 e. The number of aryl methyl sites for hydroxylation is 1. The fraction of sp³-hybridized carbons (Fsp3) is 0.304. The highest BCUT2D eigenvalue weighted by Gasteiger charge is 2.23. The van der Waals surface area contributed by atoms with Gasteiger partial charge in [0.15, 0.2) is 0 Å². The molecule has 0 aliphatic carbocycles. The van der Waals surface area contributed by atoms with E-state index < -0.39 is 5.60 Å². The number of amides is 1. The summed E-state index contributed by atoms with van der Waals surface area (Å²) in [4.78, 5) is 20.8. The van der Waals surface area contributed by atoms with Crippen molar-refractivity contribution < 1.29 is 9.53 Å². The Kier molecular flexibility index (Phi) is 4.78. The fourth-order valence-electron chi connectivity index (χ4n) is 3.44. The second kappa shape index (κ2) is 7.28. The first kappa shape index (κ1) is 19.1. The van der Waals surface area contributed by atoms with Crippen molar-refractivity contribution in [2.75, 3.05) is 18.0 Å². The first-order chi connectivity index (χ1) is 13.8. The molecule has 0 bridgehead atoms. The Balaban J connectivity index is 1.56. The monoisotopic (exact) mass is 390 g/mol. The molecule has 0 saturated carbocycles. The number of carbonyl (C=O) groups is 1. The second-order valence-corrected chi connectivity index (χ2v) is 8.20. The van der Waals surface area contributed by atoms with Gasteiger partial charge in [0.2, 0.25) is 0 Å². The molecule has 0 fully saturated rings. The van der Waals surface area contributed by atoms with Crippen LogP contribution in [0.1, 0.15) is 20.8 Å². The van der Waals surface area contributed by atoms with Crippen LogP contribution in [0.4, 0.5) is 10.5 Å². The fourth-order valence-corrected chi connectivity index (χ4v) is 3.44. The van der Waals surface area contributed by atoms with Crippen LogP contribution in [0.5, 0.6) is 0 Å². The van der Waals surface area contributed by atoms with E-state index in [1.165, 1.54) is 0 Å². The molecule has 150 valence electrons. The van der Waals surface area contributed by atoms with Gasteiger partial charge in [0, 0.05) is 43.8 Å². The molecular formula is C23H26N4O2. The highest BCUT2D eigenvalue weighted by molar-refractivity contribution is 5.81. The molecule has 6 nitrogen and oxygen atoms in total. The average Bonchev–Trinajstić information content (AvgIpc) is 3.04. The van der Waals surface area contributed by atoms with E-state index in [1.807, 2.05) is 58.3 Å². The number of imidazole rings is 1. The van der Waals surface area contributed by atoms with Gasteiger partial charge in [-0.2, -0.15) is 0 Å². The number of hydrogen-bond donors (Lipinski definition) is 0. The Labute approximate surface area is 171 Å². The summed E-state index contributed by atoms with van der Waals surface area (Å²) in [7, 11) is 2.04. The van der Waals surface area contributed by atoms with Crippen LogP contribution in [-0.4, -0.2) is 39.2 Å².